The molecule has 4 fully saturated rings. The van der Waals surface area contributed by atoms with Gasteiger partial charge in [-0.15, -0.1) is 0 Å². The molecule has 8 rings (SSSR count). The Labute approximate surface area is 226 Å². The van der Waals surface area contributed by atoms with Crippen molar-refractivity contribution in [1.29, 1.82) is 0 Å². The van der Waals surface area contributed by atoms with Crippen LogP contribution in [0.3, 0.4) is 0 Å². The number of imidazole rings is 1. The lowest BCUT2D eigenvalue weighted by Crippen LogP contribution is -2.41. The summed E-state index contributed by atoms with van der Waals surface area (Å²) < 4.78 is 16.4. The van der Waals surface area contributed by atoms with E-state index in [0.717, 1.165) is 65.9 Å². The highest BCUT2D eigenvalue weighted by Crippen LogP contribution is 2.42. The van der Waals surface area contributed by atoms with Crippen LogP contribution in [-0.2, 0) is 11.3 Å². The van der Waals surface area contributed by atoms with E-state index < -0.39 is 0 Å². The summed E-state index contributed by atoms with van der Waals surface area (Å²) in [5.41, 5.74) is 10.8. The van der Waals surface area contributed by atoms with E-state index >= 15 is 0 Å². The molecule has 39 heavy (non-hydrogen) atoms. The molecule has 202 valence electrons. The van der Waals surface area contributed by atoms with Gasteiger partial charge in [-0.3, -0.25) is 4.79 Å². The lowest BCUT2D eigenvalue weighted by Gasteiger charge is -2.27. The molecule has 1 aromatic carbocycles. The molecule has 2 bridgehead atoms. The normalized spacial score (nSPS) is 26.4. The van der Waals surface area contributed by atoms with Crippen LogP contribution in [0.1, 0.15) is 48.5 Å². The van der Waals surface area contributed by atoms with Crippen molar-refractivity contribution in [2.75, 3.05) is 26.9 Å². The first-order valence-electron chi connectivity index (χ1n) is 14.3. The van der Waals surface area contributed by atoms with Crippen molar-refractivity contribution < 1.29 is 14.3 Å². The number of fused-ring (bicyclic) bond motifs is 4. The van der Waals surface area contributed by atoms with Crippen LogP contribution in [0.25, 0.3) is 33.6 Å². The van der Waals surface area contributed by atoms with Gasteiger partial charge in [-0.1, -0.05) is 0 Å². The molecule has 2 aliphatic heterocycles. The molecule has 4 aromatic rings. The fourth-order valence-electron chi connectivity index (χ4n) is 7.20. The molecule has 4 aliphatic rings. The minimum atomic E-state index is 0.0187. The maximum Gasteiger partial charge on any atom is 0.254 e. The van der Waals surface area contributed by atoms with E-state index in [1.807, 2.05) is 29.3 Å². The van der Waals surface area contributed by atoms with Gasteiger partial charge in [0.15, 0.2) is 5.82 Å². The number of hydrogen-bond acceptors (Lipinski definition) is 6. The first kappa shape index (κ1) is 23.5. The highest BCUT2D eigenvalue weighted by Gasteiger charge is 2.47. The third-order valence-corrected chi connectivity index (χ3v) is 9.42. The molecule has 9 nitrogen and oxygen atoms in total. The van der Waals surface area contributed by atoms with Crippen LogP contribution in [-0.4, -0.2) is 68.9 Å². The number of benzene rings is 1. The molecular weight excluding hydrogens is 492 g/mol. The Balaban J connectivity index is 1.31. The molecule has 1 amide bonds. The molecule has 3 aromatic heterocycles. The zero-order valence-corrected chi connectivity index (χ0v) is 22.3. The Morgan fingerprint density at radius 2 is 2.08 bits per heavy atom. The van der Waals surface area contributed by atoms with Gasteiger partial charge < -0.3 is 29.2 Å². The fraction of sp³-hybridized carbons (Fsp3) is 0.500. The van der Waals surface area contributed by atoms with Gasteiger partial charge in [0.05, 0.1) is 31.0 Å². The molecule has 2 saturated carbocycles. The topological polar surface area (TPSA) is 100 Å². The summed E-state index contributed by atoms with van der Waals surface area (Å²) in [6.45, 7) is 3.00. The number of ether oxygens (including phenoxy) is 2. The second-order valence-electron chi connectivity index (χ2n) is 11.8. The summed E-state index contributed by atoms with van der Waals surface area (Å²) in [5.74, 6) is 2.64. The number of carbonyl (C=O) groups excluding carboxylic acids is 1. The number of likely N-dealkylation sites (tertiary alicyclic amines) is 1. The summed E-state index contributed by atoms with van der Waals surface area (Å²) in [5, 5.41) is 1.11. The molecule has 4 atom stereocenters. The van der Waals surface area contributed by atoms with Gasteiger partial charge in [0.1, 0.15) is 16.9 Å². The van der Waals surface area contributed by atoms with Crippen molar-refractivity contribution in [3.8, 4) is 17.3 Å². The van der Waals surface area contributed by atoms with Crippen LogP contribution in [0.5, 0.6) is 5.75 Å². The predicted octanol–water partition coefficient (Wildman–Crippen LogP) is 3.99. The number of methoxy groups -OCH3 is 1. The van der Waals surface area contributed by atoms with E-state index in [1.165, 1.54) is 12.8 Å². The third-order valence-electron chi connectivity index (χ3n) is 9.42. The van der Waals surface area contributed by atoms with Gasteiger partial charge in [0.25, 0.3) is 5.91 Å². The van der Waals surface area contributed by atoms with Crippen molar-refractivity contribution in [3.63, 3.8) is 0 Å². The Hall–Kier alpha value is -3.43. The lowest BCUT2D eigenvalue weighted by atomic mass is 10.1. The summed E-state index contributed by atoms with van der Waals surface area (Å²) in [7, 11) is 1.67. The lowest BCUT2D eigenvalue weighted by molar-refractivity contribution is 0.0700. The number of hydrogen-bond donors (Lipinski definition) is 1. The summed E-state index contributed by atoms with van der Waals surface area (Å²) >= 11 is 0. The Morgan fingerprint density at radius 1 is 1.18 bits per heavy atom. The minimum absolute atomic E-state index is 0.0187. The number of pyridine rings is 1. The second-order valence-corrected chi connectivity index (χ2v) is 11.8. The average molecular weight is 527 g/mol. The monoisotopic (exact) mass is 526 g/mol. The number of amides is 1. The molecule has 5 heterocycles. The molecule has 2 aliphatic carbocycles. The summed E-state index contributed by atoms with van der Waals surface area (Å²) in [6.07, 6.45) is 7.36. The van der Waals surface area contributed by atoms with Crippen molar-refractivity contribution in [1.82, 2.24) is 24.0 Å². The van der Waals surface area contributed by atoms with E-state index in [4.69, 9.17) is 25.2 Å². The molecule has 0 radical (unpaired) electrons. The van der Waals surface area contributed by atoms with Crippen LogP contribution >= 0.6 is 0 Å². The maximum atomic E-state index is 13.8. The number of aromatic nitrogens is 4. The van der Waals surface area contributed by atoms with E-state index in [-0.39, 0.29) is 24.0 Å². The quantitative estimate of drug-likeness (QED) is 0.408. The number of rotatable bonds is 6. The van der Waals surface area contributed by atoms with Crippen LogP contribution in [0.4, 0.5) is 0 Å². The number of nitrogens with zero attached hydrogens (tertiary/aromatic N) is 5. The van der Waals surface area contributed by atoms with Gasteiger partial charge in [0, 0.05) is 48.9 Å². The number of piperidine rings is 1. The highest BCUT2D eigenvalue weighted by molar-refractivity contribution is 6.00. The van der Waals surface area contributed by atoms with Crippen molar-refractivity contribution >= 4 is 28.0 Å². The molecule has 2 saturated heterocycles. The van der Waals surface area contributed by atoms with Crippen molar-refractivity contribution in [2.24, 2.45) is 17.6 Å². The first-order valence-corrected chi connectivity index (χ1v) is 14.3. The predicted molar refractivity (Wildman–Crippen MR) is 148 cm³/mol. The number of nitrogens with two attached hydrogens (primary N) is 1. The summed E-state index contributed by atoms with van der Waals surface area (Å²) in [4.78, 5) is 25.7. The molecule has 2 N–H and O–H groups in total. The third kappa shape index (κ3) is 3.63. The number of carbonyl (C=O) groups is 1. The van der Waals surface area contributed by atoms with Gasteiger partial charge in [-0.25, -0.2) is 9.97 Å². The molecule has 0 spiro atoms. The van der Waals surface area contributed by atoms with E-state index in [2.05, 4.69) is 21.3 Å². The Kier molecular flexibility index (Phi) is 5.29. The van der Waals surface area contributed by atoms with Crippen molar-refractivity contribution in [2.45, 2.75) is 56.8 Å². The molecular formula is C30H34N6O3. The largest absolute Gasteiger partial charge is 0.494 e. The van der Waals surface area contributed by atoms with Crippen molar-refractivity contribution in [3.05, 3.63) is 42.1 Å². The Bertz CT molecular complexity index is 1600. The zero-order chi connectivity index (χ0) is 26.2. The fourth-order valence-corrected chi connectivity index (χ4v) is 7.20. The standard InChI is InChI=1S/C30H34N6O3/c1-38-25-13-20(30(37)35-15-19-6-7-23(35)26(19)31)11-22-27(25)36(21-8-10-39-16-21)29(33-22)24-12-18-3-2-9-32-28(18)34(24)14-17-4-5-17/h2-3,9,11-13,17,19,21,23,26H,4-8,10,14-16,31H2,1H3/t19-,21+,23-,26?/m1/s1. The van der Waals surface area contributed by atoms with Gasteiger partial charge in [0.2, 0.25) is 0 Å². The van der Waals surface area contributed by atoms with Crippen LogP contribution < -0.4 is 10.5 Å². The Morgan fingerprint density at radius 3 is 2.79 bits per heavy atom. The molecule has 9 heteroatoms. The van der Waals surface area contributed by atoms with Gasteiger partial charge >= 0.3 is 0 Å². The van der Waals surface area contributed by atoms with E-state index in [9.17, 15) is 4.79 Å². The average Bonchev–Trinajstić information content (AvgIpc) is 3.36. The SMILES string of the molecule is COc1cc(C(=O)N2C[C@H]3CC[C@@H]2C3N)cc2nc(-c3cc4cccnc4n3CC3CC3)n([C@H]3CCOC3)c12. The first-order chi connectivity index (χ1) is 19.1. The van der Waals surface area contributed by atoms with E-state index in [1.54, 1.807) is 7.11 Å². The molecule has 1 unspecified atom stereocenters. The minimum Gasteiger partial charge on any atom is -0.494 e. The highest BCUT2D eigenvalue weighted by atomic mass is 16.5. The second kappa shape index (κ2) is 8.79. The zero-order valence-electron chi connectivity index (χ0n) is 22.3. The van der Waals surface area contributed by atoms with Crippen LogP contribution in [0.2, 0.25) is 0 Å². The van der Waals surface area contributed by atoms with Crippen LogP contribution in [0.15, 0.2) is 36.5 Å². The van der Waals surface area contributed by atoms with Gasteiger partial charge in [-0.05, 0) is 74.3 Å². The smallest absolute Gasteiger partial charge is 0.254 e. The van der Waals surface area contributed by atoms with E-state index in [0.29, 0.717) is 36.4 Å². The van der Waals surface area contributed by atoms with Crippen LogP contribution in [0, 0.1) is 11.8 Å². The summed E-state index contributed by atoms with van der Waals surface area (Å²) in [6, 6.07) is 10.5. The van der Waals surface area contributed by atoms with Gasteiger partial charge in [-0.2, -0.15) is 0 Å². The maximum absolute atomic E-state index is 13.8.